The molecule has 0 saturated carbocycles. The normalized spacial score (nSPS) is 11.2. The molecule has 22 aromatic carbocycles. The molecule has 3 nitrogen and oxygen atoms in total. The topological polar surface area (TPSA) is 43.4 Å². The number of hydrogen-bond acceptors (Lipinski definition) is 3. The minimum absolute atomic E-state index is 0.186. The SMILES string of the molecule is CC(=O)OC[P+](c1ccccc1)(c1ccccc1)c1ccccc1.ClC[P+](c1ccccc1)(c1ccccc1)c1ccccc1.O=C(C[P+](c1ccccc1)(c1ccccc1)c1ccccc1)c1ccccc1.c1ccc([B-](c2ccccc2)(c2ccccc2)c2ccccc2)cc1.c1ccc([B-](c2ccccc2)(c2ccccc2)c2ccccc2)cc1.c1ccc([B-](c2ccccc2)(c2ccccc2)c2ccccc2)cc1. The summed E-state index contributed by atoms with van der Waals surface area (Å²) in [4.78, 5) is 25.0. The molecular weight excluding hydrogens is 1870 g/mol. The molecule has 0 amide bonds. The lowest BCUT2D eigenvalue weighted by Crippen LogP contribution is -2.74. The molecule has 10 heteroatoms. The minimum Gasteiger partial charge on any atom is -0.429 e. The lowest BCUT2D eigenvalue weighted by molar-refractivity contribution is -0.138. The molecule has 0 aliphatic rings. The maximum Gasteiger partial charge on any atom is 0.305 e. The molecule has 0 atom stereocenters. The van der Waals surface area contributed by atoms with Gasteiger partial charge >= 0.3 is 5.97 Å². The Balaban J connectivity index is 0.000000121. The van der Waals surface area contributed by atoms with E-state index in [0.717, 1.165) is 5.56 Å². The molecule has 0 N–H and O–H groups in total. The average molecular weight is 1990 g/mol. The minimum atomic E-state index is -2.12. The van der Waals surface area contributed by atoms with Gasteiger partial charge in [-0.1, -0.05) is 570 Å². The van der Waals surface area contributed by atoms with Gasteiger partial charge in [0.2, 0.25) is 12.1 Å². The molecule has 0 saturated heterocycles. The van der Waals surface area contributed by atoms with Crippen molar-refractivity contribution in [3.63, 3.8) is 0 Å². The fraction of sp³-hybridized carbons (Fsp3) is 0.0290. The van der Waals surface area contributed by atoms with E-state index in [0.29, 0.717) is 18.1 Å². The Hall–Kier alpha value is -16.2. The van der Waals surface area contributed by atoms with E-state index >= 15 is 0 Å². The van der Waals surface area contributed by atoms with Gasteiger partial charge in [-0.25, -0.2) is 0 Å². The van der Waals surface area contributed by atoms with Crippen molar-refractivity contribution < 1.29 is 14.3 Å². The Kier molecular flexibility index (Phi) is 36.3. The number of halogens is 1. The zero-order valence-corrected chi connectivity index (χ0v) is 86.7. The quantitative estimate of drug-likeness (QED) is 0.0169. The molecule has 720 valence electrons. The van der Waals surface area contributed by atoms with E-state index in [1.807, 2.05) is 103 Å². The van der Waals surface area contributed by atoms with Gasteiger partial charge in [0, 0.05) is 12.5 Å². The maximum atomic E-state index is 13.4. The Morgan fingerprint density at radius 1 is 0.176 bits per heavy atom. The number of benzene rings is 22. The average Bonchev–Trinajstić information content (AvgIpc) is 0.717. The van der Waals surface area contributed by atoms with E-state index in [1.165, 1.54) is 120 Å². The molecule has 0 fully saturated rings. The van der Waals surface area contributed by atoms with Crippen molar-refractivity contribution in [2.75, 3.05) is 18.1 Å². The Bertz CT molecular complexity index is 6490. The summed E-state index contributed by atoms with van der Waals surface area (Å²) < 4.78 is 5.58. The number of hydrogen-bond donors (Lipinski definition) is 0. The van der Waals surface area contributed by atoms with Crippen molar-refractivity contribution in [1.29, 1.82) is 0 Å². The second kappa shape index (κ2) is 52.0. The zero-order valence-electron chi connectivity index (χ0n) is 83.3. The van der Waals surface area contributed by atoms with Crippen LogP contribution in [0.4, 0.5) is 0 Å². The first-order valence-corrected chi connectivity index (χ1v) is 57.2. The monoisotopic (exact) mass is 1980 g/mol. The summed E-state index contributed by atoms with van der Waals surface area (Å²) in [6.07, 6.45) is -2.79. The Labute approximate surface area is 882 Å². The van der Waals surface area contributed by atoms with Crippen molar-refractivity contribution in [3.8, 4) is 0 Å². The summed E-state index contributed by atoms with van der Waals surface area (Å²) in [5.41, 5.74) is 17.5. The highest BCUT2D eigenvalue weighted by atomic mass is 35.5. The highest BCUT2D eigenvalue weighted by molar-refractivity contribution is 7.97. The van der Waals surface area contributed by atoms with Gasteiger partial charge in [-0.3, -0.25) is 9.59 Å². The van der Waals surface area contributed by atoms with E-state index in [4.69, 9.17) is 16.3 Å². The zero-order chi connectivity index (χ0) is 101. The van der Waals surface area contributed by atoms with Crippen molar-refractivity contribution in [2.45, 2.75) is 6.92 Å². The van der Waals surface area contributed by atoms with Crippen LogP contribution in [0.15, 0.2) is 667 Å². The fourth-order valence-corrected chi connectivity index (χ4v) is 34.1. The Morgan fingerprint density at radius 2 is 0.297 bits per heavy atom. The Morgan fingerprint density at radius 3 is 0.432 bits per heavy atom. The molecule has 0 unspecified atom stereocenters. The van der Waals surface area contributed by atoms with Crippen LogP contribution < -0.4 is 113 Å². The number of carbonyl (C=O) groups excluding carboxylic acids is 2. The lowest BCUT2D eigenvalue weighted by atomic mass is 9.13. The van der Waals surface area contributed by atoms with Crippen LogP contribution in [-0.4, -0.2) is 48.3 Å². The molecule has 22 rings (SSSR count). The standard InChI is InChI=1S/C26H22OP.3C24H20B.C21H20O2P.C19H17ClP/c27-26(22-13-5-1-6-14-22)21-28(23-15-7-2-8-16-23,24-17-9-3-10-18-24)25-19-11-4-12-20-25;3*1-5-13-21(14-6-1)25(22-15-7-2-8-16-22,23-17-9-3-10-18-23)24-19-11-4-12-20-24;1-18(22)23-17-24(19-11-5-2-6-12-19,20-13-7-3-8-14-20)21-15-9-4-10-16-21;20-16-21(17-10-4-1-5-11-17,18-12-6-2-7-13-18)19-14-8-3-9-15-19/h1-20H,21H2;3*1-20H;2-16H,17H2,1H3;1-15H,16H2/q+1;3*-1;2*+1. The van der Waals surface area contributed by atoms with Crippen LogP contribution in [-0.2, 0) is 9.53 Å². The fourth-order valence-electron chi connectivity index (χ4n) is 21.7. The molecule has 0 spiro atoms. The first-order valence-electron chi connectivity index (χ1n) is 50.7. The summed E-state index contributed by atoms with van der Waals surface area (Å²) in [5.74, 6) is -0.0624. The number of Topliss-reactive ketones (excluding diaryl/α,β-unsaturated/α-hetero) is 1. The summed E-state index contributed by atoms with van der Waals surface area (Å²) in [5, 5.41) is 11.3. The van der Waals surface area contributed by atoms with Crippen LogP contribution in [0.25, 0.3) is 0 Å². The van der Waals surface area contributed by atoms with E-state index < -0.39 is 40.2 Å². The van der Waals surface area contributed by atoms with E-state index in [9.17, 15) is 9.59 Å². The summed E-state index contributed by atoms with van der Waals surface area (Å²) in [6.45, 7) is 1.47. The third-order valence-corrected chi connectivity index (χ3v) is 41.8. The van der Waals surface area contributed by atoms with Crippen LogP contribution >= 0.6 is 33.4 Å². The van der Waals surface area contributed by atoms with E-state index in [1.54, 1.807) is 0 Å². The number of rotatable bonds is 27. The predicted octanol–water partition coefficient (Wildman–Crippen LogP) is 21.7. The molecule has 0 radical (unpaired) electrons. The second-order valence-corrected chi connectivity index (χ2v) is 47.8. The summed E-state index contributed by atoms with van der Waals surface area (Å²) in [6, 6.07) is 235. The third kappa shape index (κ3) is 23.3. The number of ketones is 1. The highest BCUT2D eigenvalue weighted by Crippen LogP contribution is 2.58. The van der Waals surface area contributed by atoms with Gasteiger partial charge in [0.05, 0.1) is 0 Å². The number of ether oxygens (including phenoxy) is 1. The van der Waals surface area contributed by atoms with E-state index in [2.05, 4.69) is 564 Å². The van der Waals surface area contributed by atoms with E-state index in [-0.39, 0.29) is 11.8 Å². The number of esters is 1. The molecule has 0 heterocycles. The van der Waals surface area contributed by atoms with Gasteiger partial charge in [0.25, 0.3) is 0 Å². The molecule has 22 aromatic rings. The third-order valence-electron chi connectivity index (χ3n) is 28.5. The van der Waals surface area contributed by atoms with Gasteiger partial charge in [0.1, 0.15) is 92.5 Å². The van der Waals surface area contributed by atoms with Crippen molar-refractivity contribution in [2.24, 2.45) is 0 Å². The van der Waals surface area contributed by atoms with Gasteiger partial charge < -0.3 is 4.74 Å². The summed E-state index contributed by atoms with van der Waals surface area (Å²) in [7, 11) is -5.94. The molecule has 0 aliphatic heterocycles. The van der Waals surface area contributed by atoms with Gasteiger partial charge in [-0.2, -0.15) is 65.6 Å². The van der Waals surface area contributed by atoms with Crippen molar-refractivity contribution >= 4 is 177 Å². The highest BCUT2D eigenvalue weighted by Gasteiger charge is 2.50. The van der Waals surface area contributed by atoms with Crippen molar-refractivity contribution in [1.82, 2.24) is 0 Å². The van der Waals surface area contributed by atoms with Crippen LogP contribution in [0.2, 0.25) is 0 Å². The number of carbonyl (C=O) groups is 2. The van der Waals surface area contributed by atoms with Gasteiger partial charge in [-0.05, 0) is 109 Å². The lowest BCUT2D eigenvalue weighted by Gasteiger charge is -2.44. The van der Waals surface area contributed by atoms with Crippen molar-refractivity contribution in [3.05, 3.63) is 673 Å². The number of alkyl halides is 1. The van der Waals surface area contributed by atoms with Crippen LogP contribution in [0.3, 0.4) is 0 Å². The van der Waals surface area contributed by atoms with Gasteiger partial charge in [0.15, 0.2) is 7.26 Å². The second-order valence-electron chi connectivity index (χ2n) is 36.8. The largest absolute Gasteiger partial charge is 0.429 e. The molecule has 148 heavy (non-hydrogen) atoms. The van der Waals surface area contributed by atoms with Crippen LogP contribution in [0, 0.1) is 0 Å². The van der Waals surface area contributed by atoms with Crippen LogP contribution in [0.5, 0.6) is 0 Å². The molecule has 0 aliphatic carbocycles. The predicted molar refractivity (Wildman–Crippen MR) is 649 cm³/mol. The first-order chi connectivity index (χ1) is 73.2. The van der Waals surface area contributed by atoms with Gasteiger partial charge in [-0.15, -0.1) is 0 Å². The van der Waals surface area contributed by atoms with Crippen LogP contribution in [0.1, 0.15) is 17.3 Å². The smallest absolute Gasteiger partial charge is 0.305 e. The summed E-state index contributed by atoms with van der Waals surface area (Å²) >= 11 is 6.58. The molecule has 0 bridgehead atoms. The first kappa shape index (κ1) is 103. The molecular formula is C138H119B3ClO3P3. The maximum absolute atomic E-state index is 13.4. The molecule has 0 aromatic heterocycles.